The van der Waals surface area contributed by atoms with Gasteiger partial charge in [-0.15, -0.1) is 5.10 Å². The highest BCUT2D eigenvalue weighted by molar-refractivity contribution is 5.81. The van der Waals surface area contributed by atoms with E-state index < -0.39 is 0 Å². The summed E-state index contributed by atoms with van der Waals surface area (Å²) in [6.45, 7) is 11.4. The van der Waals surface area contributed by atoms with Crippen LogP contribution in [0.2, 0.25) is 0 Å². The summed E-state index contributed by atoms with van der Waals surface area (Å²) >= 11 is 0. The standard InChI is InChI=1S/C28H36N8O/c1-4-5-11-37-24-18-35(19-24)9-6-10-36-17-23(16-31-36)22-12-26-25(29-14-22)7-8-27(32-26)33-28-13-21(20(2)3)15-30-34-28/h7-8,12-17,20,24H,4-6,9-11,18-19H2,1-3H3,(H,32,33,34). The van der Waals surface area contributed by atoms with Crippen molar-refractivity contribution in [2.75, 3.05) is 31.6 Å². The van der Waals surface area contributed by atoms with Crippen LogP contribution in [0.15, 0.2) is 49.1 Å². The Bertz CT molecular complexity index is 1310. The van der Waals surface area contributed by atoms with Gasteiger partial charge in [0, 0.05) is 56.3 Å². The molecular weight excluding hydrogens is 464 g/mol. The maximum absolute atomic E-state index is 5.87. The maximum atomic E-state index is 5.87. The van der Waals surface area contributed by atoms with Gasteiger partial charge in [-0.05, 0) is 48.6 Å². The van der Waals surface area contributed by atoms with E-state index in [4.69, 9.17) is 9.72 Å². The van der Waals surface area contributed by atoms with Crippen molar-refractivity contribution in [2.45, 2.75) is 58.6 Å². The third-order valence-corrected chi connectivity index (χ3v) is 6.74. The van der Waals surface area contributed by atoms with E-state index in [1.165, 1.54) is 6.42 Å². The molecule has 1 aliphatic rings. The van der Waals surface area contributed by atoms with Crippen molar-refractivity contribution < 1.29 is 4.74 Å². The van der Waals surface area contributed by atoms with E-state index in [-0.39, 0.29) is 0 Å². The van der Waals surface area contributed by atoms with Crippen LogP contribution in [-0.4, -0.2) is 67.2 Å². The molecule has 0 radical (unpaired) electrons. The second-order valence-electron chi connectivity index (χ2n) is 10.1. The van der Waals surface area contributed by atoms with Gasteiger partial charge in [0.05, 0.1) is 29.5 Å². The first kappa shape index (κ1) is 25.2. The Hall–Kier alpha value is -3.43. The van der Waals surface area contributed by atoms with Crippen LogP contribution < -0.4 is 5.32 Å². The number of nitrogens with one attached hydrogen (secondary N) is 1. The van der Waals surface area contributed by atoms with Gasteiger partial charge in [0.15, 0.2) is 5.82 Å². The van der Waals surface area contributed by atoms with Gasteiger partial charge in [0.1, 0.15) is 5.82 Å². The van der Waals surface area contributed by atoms with Crippen molar-refractivity contribution in [1.29, 1.82) is 0 Å². The summed E-state index contributed by atoms with van der Waals surface area (Å²) in [5, 5.41) is 16.1. The van der Waals surface area contributed by atoms with Crippen LogP contribution in [0, 0.1) is 0 Å². The maximum Gasteiger partial charge on any atom is 0.154 e. The number of aryl methyl sites for hydroxylation is 1. The highest BCUT2D eigenvalue weighted by atomic mass is 16.5. The van der Waals surface area contributed by atoms with Gasteiger partial charge in [0.25, 0.3) is 0 Å². The molecule has 4 aromatic rings. The van der Waals surface area contributed by atoms with Gasteiger partial charge in [-0.3, -0.25) is 14.6 Å². The van der Waals surface area contributed by atoms with Crippen molar-refractivity contribution in [1.82, 2.24) is 34.8 Å². The number of unbranched alkanes of at least 4 members (excludes halogenated alkanes) is 1. The molecule has 1 N–H and O–H groups in total. The second-order valence-corrected chi connectivity index (χ2v) is 10.1. The molecule has 0 amide bonds. The van der Waals surface area contributed by atoms with Gasteiger partial charge < -0.3 is 10.1 Å². The number of anilines is 2. The van der Waals surface area contributed by atoms with Crippen LogP contribution in [0.1, 0.15) is 51.5 Å². The monoisotopic (exact) mass is 500 g/mol. The summed E-state index contributed by atoms with van der Waals surface area (Å²) in [7, 11) is 0. The lowest BCUT2D eigenvalue weighted by molar-refractivity contribution is -0.0554. The van der Waals surface area contributed by atoms with Gasteiger partial charge in [0.2, 0.25) is 0 Å². The summed E-state index contributed by atoms with van der Waals surface area (Å²) in [6, 6.07) is 7.94. The third kappa shape index (κ3) is 6.47. The molecule has 0 atom stereocenters. The molecule has 0 aromatic carbocycles. The van der Waals surface area contributed by atoms with Crippen molar-refractivity contribution >= 4 is 22.7 Å². The molecule has 0 bridgehead atoms. The number of likely N-dealkylation sites (tertiary alicyclic amines) is 1. The molecule has 1 aliphatic heterocycles. The Labute approximate surface area is 218 Å². The van der Waals surface area contributed by atoms with Crippen molar-refractivity contribution in [3.05, 3.63) is 54.6 Å². The normalized spacial score (nSPS) is 14.4. The van der Waals surface area contributed by atoms with Gasteiger partial charge in [-0.25, -0.2) is 4.98 Å². The fourth-order valence-corrected chi connectivity index (χ4v) is 4.42. The van der Waals surface area contributed by atoms with E-state index in [1.54, 1.807) is 6.20 Å². The Kier molecular flexibility index (Phi) is 8.01. The van der Waals surface area contributed by atoms with E-state index in [0.717, 1.165) is 73.4 Å². The second kappa shape index (κ2) is 11.7. The molecule has 5 heterocycles. The van der Waals surface area contributed by atoms with Crippen LogP contribution in [0.4, 0.5) is 11.6 Å². The first-order chi connectivity index (χ1) is 18.1. The minimum absolute atomic E-state index is 0.381. The van der Waals surface area contributed by atoms with E-state index in [2.05, 4.69) is 63.5 Å². The third-order valence-electron chi connectivity index (χ3n) is 6.74. The molecule has 37 heavy (non-hydrogen) atoms. The Morgan fingerprint density at radius 1 is 1.00 bits per heavy atom. The van der Waals surface area contributed by atoms with Gasteiger partial charge >= 0.3 is 0 Å². The molecule has 5 rings (SSSR count). The molecule has 194 valence electrons. The fraction of sp³-hybridized carbons (Fsp3) is 0.464. The zero-order chi connectivity index (χ0) is 25.6. The van der Waals surface area contributed by atoms with Crippen LogP contribution in [0.25, 0.3) is 22.2 Å². The Morgan fingerprint density at radius 2 is 1.89 bits per heavy atom. The first-order valence-corrected chi connectivity index (χ1v) is 13.3. The number of hydrogen-bond acceptors (Lipinski definition) is 8. The van der Waals surface area contributed by atoms with E-state index >= 15 is 0 Å². The van der Waals surface area contributed by atoms with Gasteiger partial charge in [-0.1, -0.05) is 27.2 Å². The number of pyridine rings is 2. The average molecular weight is 501 g/mol. The van der Waals surface area contributed by atoms with E-state index in [0.29, 0.717) is 23.7 Å². The topological polar surface area (TPSA) is 93.9 Å². The lowest BCUT2D eigenvalue weighted by Gasteiger charge is -2.38. The Morgan fingerprint density at radius 3 is 2.73 bits per heavy atom. The predicted molar refractivity (Wildman–Crippen MR) is 146 cm³/mol. The summed E-state index contributed by atoms with van der Waals surface area (Å²) in [6.07, 6.45) is 11.5. The molecule has 1 fully saturated rings. The summed E-state index contributed by atoms with van der Waals surface area (Å²) in [4.78, 5) is 11.8. The number of fused-ring (bicyclic) bond motifs is 1. The molecule has 1 saturated heterocycles. The zero-order valence-corrected chi connectivity index (χ0v) is 22.0. The summed E-state index contributed by atoms with van der Waals surface area (Å²) in [5.41, 5.74) is 4.83. The molecule has 9 nitrogen and oxygen atoms in total. The van der Waals surface area contributed by atoms with Gasteiger partial charge in [-0.2, -0.15) is 10.2 Å². The largest absolute Gasteiger partial charge is 0.376 e. The number of ether oxygens (including phenoxy) is 1. The molecule has 0 aliphatic carbocycles. The molecular formula is C28H36N8O. The lowest BCUT2D eigenvalue weighted by Crippen LogP contribution is -2.52. The fourth-order valence-electron chi connectivity index (χ4n) is 4.42. The quantitative estimate of drug-likeness (QED) is 0.270. The first-order valence-electron chi connectivity index (χ1n) is 13.3. The molecule has 4 aromatic heterocycles. The zero-order valence-electron chi connectivity index (χ0n) is 22.0. The highest BCUT2D eigenvalue weighted by Gasteiger charge is 2.26. The highest BCUT2D eigenvalue weighted by Crippen LogP contribution is 2.24. The van der Waals surface area contributed by atoms with Crippen molar-refractivity contribution in [2.24, 2.45) is 0 Å². The lowest BCUT2D eigenvalue weighted by atomic mass is 10.1. The molecule has 0 saturated carbocycles. The number of hydrogen-bond donors (Lipinski definition) is 1. The molecule has 0 spiro atoms. The summed E-state index contributed by atoms with van der Waals surface area (Å²) < 4.78 is 7.88. The Balaban J connectivity index is 1.17. The summed E-state index contributed by atoms with van der Waals surface area (Å²) in [5.74, 6) is 1.77. The van der Waals surface area contributed by atoms with Crippen LogP contribution in [0.5, 0.6) is 0 Å². The smallest absolute Gasteiger partial charge is 0.154 e. The molecule has 9 heteroatoms. The average Bonchev–Trinajstić information content (AvgIpc) is 3.35. The predicted octanol–water partition coefficient (Wildman–Crippen LogP) is 5.04. The van der Waals surface area contributed by atoms with Crippen molar-refractivity contribution in [3.8, 4) is 11.1 Å². The number of aromatic nitrogens is 6. The minimum Gasteiger partial charge on any atom is -0.376 e. The number of nitrogens with zero attached hydrogens (tertiary/aromatic N) is 7. The SMILES string of the molecule is CCCCOC1CN(CCCn2cc(-c3cnc4ccc(Nc5cc(C(C)C)cnn5)nc4c3)cn2)C1. The number of rotatable bonds is 12. The minimum atomic E-state index is 0.381. The van der Waals surface area contributed by atoms with Crippen LogP contribution in [-0.2, 0) is 11.3 Å². The van der Waals surface area contributed by atoms with Crippen LogP contribution in [0.3, 0.4) is 0 Å². The van der Waals surface area contributed by atoms with E-state index in [1.807, 2.05) is 35.3 Å². The van der Waals surface area contributed by atoms with E-state index in [9.17, 15) is 0 Å². The van der Waals surface area contributed by atoms with Crippen molar-refractivity contribution in [3.63, 3.8) is 0 Å². The van der Waals surface area contributed by atoms with Crippen LogP contribution >= 0.6 is 0 Å². The molecule has 0 unspecified atom stereocenters.